The molecule has 1 heterocycles. The van der Waals surface area contributed by atoms with Crippen LogP contribution < -0.4 is 10.6 Å². The average Bonchev–Trinajstić information content (AvgIpc) is 3.29. The van der Waals surface area contributed by atoms with Crippen LogP contribution in [0.15, 0.2) is 30.3 Å². The molecule has 0 atom stereocenters. The predicted molar refractivity (Wildman–Crippen MR) is 87.5 cm³/mol. The molecule has 1 aromatic heterocycles. The van der Waals surface area contributed by atoms with Gasteiger partial charge in [0, 0.05) is 6.07 Å². The lowest BCUT2D eigenvalue weighted by Crippen LogP contribution is -2.30. The fourth-order valence-electron chi connectivity index (χ4n) is 2.50. The summed E-state index contributed by atoms with van der Waals surface area (Å²) in [5.41, 5.74) is 0.0735. The van der Waals surface area contributed by atoms with E-state index in [-0.39, 0.29) is 18.1 Å². The quantitative estimate of drug-likeness (QED) is 0.840. The molecule has 0 radical (unpaired) electrons. The summed E-state index contributed by atoms with van der Waals surface area (Å²) in [5, 5.41) is 9.96. The lowest BCUT2D eigenvalue weighted by molar-refractivity contribution is -0.137. The van der Waals surface area contributed by atoms with Crippen LogP contribution in [0.5, 0.6) is 0 Å². The molecule has 0 aliphatic heterocycles. The highest BCUT2D eigenvalue weighted by Gasteiger charge is 2.30. The van der Waals surface area contributed by atoms with Crippen LogP contribution in [0, 0.1) is 12.8 Å². The van der Waals surface area contributed by atoms with Crippen LogP contribution in [0.3, 0.4) is 0 Å². The zero-order chi connectivity index (χ0) is 18.0. The third-order valence-electron chi connectivity index (χ3n) is 3.93. The molecule has 2 N–H and O–H groups in total. The zero-order valence-corrected chi connectivity index (χ0v) is 13.7. The molecule has 0 saturated heterocycles. The lowest BCUT2D eigenvalue weighted by atomic mass is 10.2. The van der Waals surface area contributed by atoms with Gasteiger partial charge in [-0.3, -0.25) is 4.79 Å². The number of aromatic nitrogens is 2. The molecular weight excluding hydrogens is 333 g/mol. The van der Waals surface area contributed by atoms with Crippen molar-refractivity contribution in [2.24, 2.45) is 5.92 Å². The first kappa shape index (κ1) is 17.5. The highest BCUT2D eigenvalue weighted by molar-refractivity contribution is 5.91. The standard InChI is InChI=1S/C17H19F3N4O/c1-11-7-15(22-16(25)10-21-9-12-5-6-12)24(23-11)14-4-2-3-13(8-14)17(18,19)20/h2-4,7-8,12,21H,5-6,9-10H2,1H3,(H,22,25). The molecule has 1 aliphatic rings. The Morgan fingerprint density at radius 1 is 1.32 bits per heavy atom. The average molecular weight is 352 g/mol. The van der Waals surface area contributed by atoms with E-state index in [9.17, 15) is 18.0 Å². The molecule has 25 heavy (non-hydrogen) atoms. The number of alkyl halides is 3. The number of halogens is 3. The predicted octanol–water partition coefficient (Wildman–Crippen LogP) is 3.14. The Morgan fingerprint density at radius 2 is 2.08 bits per heavy atom. The molecular formula is C17H19F3N4O. The van der Waals surface area contributed by atoms with Gasteiger partial charge in [-0.05, 0) is 50.4 Å². The molecule has 0 unspecified atom stereocenters. The molecule has 2 aromatic rings. The number of nitrogens with one attached hydrogen (secondary N) is 2. The van der Waals surface area contributed by atoms with E-state index in [4.69, 9.17) is 0 Å². The monoisotopic (exact) mass is 352 g/mol. The second-order valence-electron chi connectivity index (χ2n) is 6.25. The molecule has 5 nitrogen and oxygen atoms in total. The van der Waals surface area contributed by atoms with Crippen LogP contribution in [-0.4, -0.2) is 28.8 Å². The number of amides is 1. The lowest BCUT2D eigenvalue weighted by Gasteiger charge is -2.12. The van der Waals surface area contributed by atoms with Crippen molar-refractivity contribution in [3.05, 3.63) is 41.6 Å². The maximum absolute atomic E-state index is 12.9. The first-order valence-electron chi connectivity index (χ1n) is 8.08. The van der Waals surface area contributed by atoms with Gasteiger partial charge >= 0.3 is 6.18 Å². The number of carbonyl (C=O) groups excluding carboxylic acids is 1. The van der Waals surface area contributed by atoms with Crippen molar-refractivity contribution in [2.45, 2.75) is 25.9 Å². The van der Waals surface area contributed by atoms with Gasteiger partial charge < -0.3 is 10.6 Å². The van der Waals surface area contributed by atoms with E-state index in [0.29, 0.717) is 17.4 Å². The van der Waals surface area contributed by atoms with Crippen molar-refractivity contribution in [3.8, 4) is 5.69 Å². The smallest absolute Gasteiger partial charge is 0.309 e. The summed E-state index contributed by atoms with van der Waals surface area (Å²) in [6, 6.07) is 6.47. The molecule has 8 heteroatoms. The van der Waals surface area contributed by atoms with Crippen molar-refractivity contribution >= 4 is 11.7 Å². The number of anilines is 1. The molecule has 1 aliphatic carbocycles. The maximum atomic E-state index is 12.9. The highest BCUT2D eigenvalue weighted by Crippen LogP contribution is 2.31. The minimum Gasteiger partial charge on any atom is -0.309 e. The van der Waals surface area contributed by atoms with Gasteiger partial charge in [0.1, 0.15) is 5.82 Å². The summed E-state index contributed by atoms with van der Waals surface area (Å²) in [6.45, 7) is 2.67. The second kappa shape index (κ2) is 6.87. The van der Waals surface area contributed by atoms with Crippen LogP contribution in [0.4, 0.5) is 19.0 Å². The van der Waals surface area contributed by atoms with Gasteiger partial charge in [-0.15, -0.1) is 0 Å². The van der Waals surface area contributed by atoms with E-state index in [1.165, 1.54) is 29.7 Å². The fourth-order valence-corrected chi connectivity index (χ4v) is 2.50. The van der Waals surface area contributed by atoms with Crippen molar-refractivity contribution < 1.29 is 18.0 Å². The number of hydrogen-bond donors (Lipinski definition) is 2. The van der Waals surface area contributed by atoms with E-state index in [2.05, 4.69) is 15.7 Å². The number of nitrogens with zero attached hydrogens (tertiary/aromatic N) is 2. The Bertz CT molecular complexity index is 765. The zero-order valence-electron chi connectivity index (χ0n) is 13.7. The molecule has 134 valence electrons. The molecule has 3 rings (SSSR count). The Kier molecular flexibility index (Phi) is 4.80. The Balaban J connectivity index is 1.75. The van der Waals surface area contributed by atoms with Gasteiger partial charge in [-0.2, -0.15) is 18.3 Å². The topological polar surface area (TPSA) is 59.0 Å². The fraction of sp³-hybridized carbons (Fsp3) is 0.412. The summed E-state index contributed by atoms with van der Waals surface area (Å²) in [4.78, 5) is 12.0. The van der Waals surface area contributed by atoms with Gasteiger partial charge in [0.15, 0.2) is 0 Å². The van der Waals surface area contributed by atoms with Gasteiger partial charge in [-0.25, -0.2) is 4.68 Å². The third kappa shape index (κ3) is 4.60. The first-order chi connectivity index (χ1) is 11.8. The van der Waals surface area contributed by atoms with E-state index in [1.807, 2.05) is 0 Å². The SMILES string of the molecule is Cc1cc(NC(=O)CNCC2CC2)n(-c2cccc(C(F)(F)F)c2)n1. The summed E-state index contributed by atoms with van der Waals surface area (Å²) in [7, 11) is 0. The van der Waals surface area contributed by atoms with Gasteiger partial charge in [0.25, 0.3) is 0 Å². The van der Waals surface area contributed by atoms with E-state index >= 15 is 0 Å². The van der Waals surface area contributed by atoms with Crippen LogP contribution in [-0.2, 0) is 11.0 Å². The Labute approximate surface area is 143 Å². The van der Waals surface area contributed by atoms with Gasteiger partial charge in [-0.1, -0.05) is 6.07 Å². The molecule has 1 aromatic carbocycles. The molecule has 1 fully saturated rings. The number of benzene rings is 1. The second-order valence-corrected chi connectivity index (χ2v) is 6.25. The molecule has 1 saturated carbocycles. The van der Waals surface area contributed by atoms with Crippen LogP contribution >= 0.6 is 0 Å². The minimum atomic E-state index is -4.44. The number of carbonyl (C=O) groups is 1. The summed E-state index contributed by atoms with van der Waals surface area (Å²) in [6.07, 6.45) is -2.05. The molecule has 1 amide bonds. The number of hydrogen-bond acceptors (Lipinski definition) is 3. The van der Waals surface area contributed by atoms with Gasteiger partial charge in [0.05, 0.1) is 23.5 Å². The maximum Gasteiger partial charge on any atom is 0.416 e. The summed E-state index contributed by atoms with van der Waals surface area (Å²) < 4.78 is 40.0. The van der Waals surface area contributed by atoms with Crippen molar-refractivity contribution in [1.29, 1.82) is 0 Å². The molecule has 0 spiro atoms. The van der Waals surface area contributed by atoms with E-state index in [1.54, 1.807) is 13.0 Å². The van der Waals surface area contributed by atoms with Crippen LogP contribution in [0.2, 0.25) is 0 Å². The summed E-state index contributed by atoms with van der Waals surface area (Å²) in [5.74, 6) is 0.745. The number of rotatable bonds is 6. The largest absolute Gasteiger partial charge is 0.416 e. The van der Waals surface area contributed by atoms with Crippen LogP contribution in [0.1, 0.15) is 24.1 Å². The molecule has 0 bridgehead atoms. The van der Waals surface area contributed by atoms with Crippen molar-refractivity contribution in [2.75, 3.05) is 18.4 Å². The van der Waals surface area contributed by atoms with Crippen molar-refractivity contribution in [3.63, 3.8) is 0 Å². The normalized spacial score (nSPS) is 14.6. The van der Waals surface area contributed by atoms with Gasteiger partial charge in [0.2, 0.25) is 5.91 Å². The third-order valence-corrected chi connectivity index (χ3v) is 3.93. The summed E-state index contributed by atoms with van der Waals surface area (Å²) >= 11 is 0. The Hall–Kier alpha value is -2.35. The van der Waals surface area contributed by atoms with E-state index in [0.717, 1.165) is 18.7 Å². The minimum absolute atomic E-state index is 0.156. The Morgan fingerprint density at radius 3 is 2.76 bits per heavy atom. The number of aryl methyl sites for hydroxylation is 1. The van der Waals surface area contributed by atoms with E-state index < -0.39 is 11.7 Å². The highest BCUT2D eigenvalue weighted by atomic mass is 19.4. The van der Waals surface area contributed by atoms with Crippen molar-refractivity contribution in [1.82, 2.24) is 15.1 Å². The van der Waals surface area contributed by atoms with Crippen LogP contribution in [0.25, 0.3) is 5.69 Å². The first-order valence-corrected chi connectivity index (χ1v) is 8.08.